The van der Waals surface area contributed by atoms with Crippen LogP contribution < -0.4 is 5.32 Å². The number of anilines is 1. The molecule has 7 heteroatoms. The Morgan fingerprint density at radius 2 is 1.76 bits per heavy atom. The van der Waals surface area contributed by atoms with Gasteiger partial charge in [0.25, 0.3) is 0 Å². The number of carboxylic acid groups (broad SMARTS) is 1. The number of likely N-dealkylation sites (tertiary alicyclic amines) is 1. The predicted molar refractivity (Wildman–Crippen MR) is 108 cm³/mol. The van der Waals surface area contributed by atoms with Gasteiger partial charge in [-0.25, -0.2) is 4.79 Å². The molecule has 7 nitrogen and oxygen atoms in total. The van der Waals surface area contributed by atoms with Crippen molar-refractivity contribution >= 4 is 23.5 Å². The molecule has 0 aromatic heterocycles. The number of carbonyl (C=O) groups excluding carboxylic acids is 2. The molecule has 0 unspecified atom stereocenters. The summed E-state index contributed by atoms with van der Waals surface area (Å²) in [5.41, 5.74) is 0.760. The molecule has 1 aliphatic rings. The highest BCUT2D eigenvalue weighted by Gasteiger charge is 2.43. The van der Waals surface area contributed by atoms with Gasteiger partial charge in [0.1, 0.15) is 0 Å². The molecule has 2 aromatic rings. The zero-order valence-corrected chi connectivity index (χ0v) is 16.3. The molecular formula is C22H24N2O5. The molecule has 1 fully saturated rings. The summed E-state index contributed by atoms with van der Waals surface area (Å²) in [6, 6.07) is 15.8. The van der Waals surface area contributed by atoms with Crippen molar-refractivity contribution in [1.82, 2.24) is 4.90 Å². The van der Waals surface area contributed by atoms with Crippen LogP contribution in [0, 0.1) is 0 Å². The highest BCUT2D eigenvalue weighted by molar-refractivity contribution is 5.95. The second kappa shape index (κ2) is 8.87. The molecule has 0 saturated carbocycles. The Morgan fingerprint density at radius 3 is 2.38 bits per heavy atom. The van der Waals surface area contributed by atoms with E-state index in [0.717, 1.165) is 5.56 Å². The third-order valence-electron chi connectivity index (χ3n) is 5.38. The summed E-state index contributed by atoms with van der Waals surface area (Å²) in [6.45, 7) is 1.18. The topological polar surface area (TPSA) is 95.9 Å². The Kier molecular flexibility index (Phi) is 6.29. The fourth-order valence-corrected chi connectivity index (χ4v) is 3.72. The lowest BCUT2D eigenvalue weighted by atomic mass is 9.73. The third kappa shape index (κ3) is 4.63. The molecule has 0 aliphatic carbocycles. The fourth-order valence-electron chi connectivity index (χ4n) is 3.72. The fraction of sp³-hybridized carbons (Fsp3) is 0.318. The van der Waals surface area contributed by atoms with Crippen LogP contribution in [0.3, 0.4) is 0 Å². The third-order valence-corrected chi connectivity index (χ3v) is 5.38. The predicted octanol–water partition coefficient (Wildman–Crippen LogP) is 2.53. The van der Waals surface area contributed by atoms with Gasteiger partial charge in [0.2, 0.25) is 5.91 Å². The summed E-state index contributed by atoms with van der Waals surface area (Å²) in [6.07, 6.45) is 0.884. The zero-order valence-electron chi connectivity index (χ0n) is 16.3. The monoisotopic (exact) mass is 396 g/mol. The maximum atomic E-state index is 12.4. The Balaban J connectivity index is 1.60. The molecule has 3 rings (SSSR count). The van der Waals surface area contributed by atoms with Crippen LogP contribution in [0.25, 0.3) is 0 Å². The number of ether oxygens (including phenoxy) is 1. The average molecular weight is 396 g/mol. The van der Waals surface area contributed by atoms with E-state index < -0.39 is 17.4 Å². The van der Waals surface area contributed by atoms with Gasteiger partial charge in [0.15, 0.2) is 0 Å². The summed E-state index contributed by atoms with van der Waals surface area (Å²) in [5.74, 6) is -1.51. The van der Waals surface area contributed by atoms with Crippen molar-refractivity contribution < 1.29 is 24.2 Å². The van der Waals surface area contributed by atoms with Crippen molar-refractivity contribution in [2.75, 3.05) is 32.1 Å². The molecule has 152 valence electrons. The number of amides is 1. The molecule has 1 heterocycles. The number of nitrogens with zero attached hydrogens (tertiary/aromatic N) is 1. The largest absolute Gasteiger partial charge is 0.481 e. The normalized spacial score (nSPS) is 16.0. The smallest absolute Gasteiger partial charge is 0.337 e. The van der Waals surface area contributed by atoms with Crippen LogP contribution in [0.5, 0.6) is 0 Å². The van der Waals surface area contributed by atoms with E-state index >= 15 is 0 Å². The number of piperidine rings is 1. The molecule has 1 aliphatic heterocycles. The van der Waals surface area contributed by atoms with Crippen LogP contribution in [0.1, 0.15) is 28.8 Å². The maximum absolute atomic E-state index is 12.4. The highest BCUT2D eigenvalue weighted by Crippen LogP contribution is 2.35. The SMILES string of the molecule is COC(=O)c1cccc(NC(=O)CN2CCC(C(=O)O)(c3ccccc3)CC2)c1. The molecule has 2 aromatic carbocycles. The van der Waals surface area contributed by atoms with Gasteiger partial charge in [-0.3, -0.25) is 14.5 Å². The minimum absolute atomic E-state index is 0.160. The van der Waals surface area contributed by atoms with E-state index in [9.17, 15) is 19.5 Å². The van der Waals surface area contributed by atoms with Crippen LogP contribution >= 0.6 is 0 Å². The molecule has 1 amide bonds. The van der Waals surface area contributed by atoms with Crippen molar-refractivity contribution in [2.24, 2.45) is 0 Å². The minimum Gasteiger partial charge on any atom is -0.481 e. The summed E-state index contributed by atoms with van der Waals surface area (Å²) in [5, 5.41) is 12.6. The number of rotatable bonds is 6. The summed E-state index contributed by atoms with van der Waals surface area (Å²) >= 11 is 0. The van der Waals surface area contributed by atoms with Gasteiger partial charge in [0.05, 0.1) is 24.6 Å². The number of carbonyl (C=O) groups is 3. The van der Waals surface area contributed by atoms with Crippen LogP contribution in [0.2, 0.25) is 0 Å². The quantitative estimate of drug-likeness (QED) is 0.729. The van der Waals surface area contributed by atoms with E-state index in [1.165, 1.54) is 7.11 Å². The van der Waals surface area contributed by atoms with Crippen molar-refractivity contribution in [1.29, 1.82) is 0 Å². The van der Waals surface area contributed by atoms with Gasteiger partial charge in [-0.1, -0.05) is 36.4 Å². The molecule has 0 spiro atoms. The first-order chi connectivity index (χ1) is 13.9. The number of methoxy groups -OCH3 is 1. The molecule has 0 radical (unpaired) electrons. The van der Waals surface area contributed by atoms with Crippen LogP contribution in [0.15, 0.2) is 54.6 Å². The number of aliphatic carboxylic acids is 1. The Bertz CT molecular complexity index is 889. The lowest BCUT2D eigenvalue weighted by Crippen LogP contribution is -2.49. The van der Waals surface area contributed by atoms with Gasteiger partial charge in [-0.2, -0.15) is 0 Å². The number of esters is 1. The van der Waals surface area contributed by atoms with Crippen LogP contribution in [0.4, 0.5) is 5.69 Å². The molecular weight excluding hydrogens is 372 g/mol. The van der Waals surface area contributed by atoms with Gasteiger partial charge in [-0.15, -0.1) is 0 Å². The standard InChI is InChI=1S/C22H24N2O5/c1-29-20(26)16-6-5-9-18(14-16)23-19(25)15-24-12-10-22(11-13-24,21(27)28)17-7-3-2-4-8-17/h2-9,14H,10-13,15H2,1H3,(H,23,25)(H,27,28). The van der Waals surface area contributed by atoms with E-state index in [4.69, 9.17) is 0 Å². The summed E-state index contributed by atoms with van der Waals surface area (Å²) < 4.78 is 4.69. The van der Waals surface area contributed by atoms with E-state index in [2.05, 4.69) is 10.1 Å². The Morgan fingerprint density at radius 1 is 1.07 bits per heavy atom. The van der Waals surface area contributed by atoms with Crippen molar-refractivity contribution in [3.8, 4) is 0 Å². The number of nitrogens with one attached hydrogen (secondary N) is 1. The van der Waals surface area contributed by atoms with E-state index in [1.54, 1.807) is 24.3 Å². The Labute approximate surface area is 169 Å². The van der Waals surface area contributed by atoms with Gasteiger partial charge >= 0.3 is 11.9 Å². The highest BCUT2D eigenvalue weighted by atomic mass is 16.5. The molecule has 2 N–H and O–H groups in total. The number of hydrogen-bond acceptors (Lipinski definition) is 5. The van der Waals surface area contributed by atoms with Crippen LogP contribution in [-0.4, -0.2) is 54.6 Å². The second-order valence-electron chi connectivity index (χ2n) is 7.15. The maximum Gasteiger partial charge on any atom is 0.337 e. The van der Waals surface area contributed by atoms with Crippen molar-refractivity contribution in [3.05, 3.63) is 65.7 Å². The molecule has 0 bridgehead atoms. The number of hydrogen-bond donors (Lipinski definition) is 2. The number of benzene rings is 2. The van der Waals surface area contributed by atoms with E-state index in [0.29, 0.717) is 37.2 Å². The minimum atomic E-state index is -0.914. The number of carboxylic acids is 1. The van der Waals surface area contributed by atoms with Crippen LogP contribution in [-0.2, 0) is 19.7 Å². The van der Waals surface area contributed by atoms with Gasteiger partial charge < -0.3 is 15.2 Å². The first-order valence-corrected chi connectivity index (χ1v) is 9.44. The summed E-state index contributed by atoms with van der Waals surface area (Å²) in [4.78, 5) is 38.0. The zero-order chi connectivity index (χ0) is 20.9. The second-order valence-corrected chi connectivity index (χ2v) is 7.15. The first-order valence-electron chi connectivity index (χ1n) is 9.44. The average Bonchev–Trinajstić information content (AvgIpc) is 2.74. The summed E-state index contributed by atoms with van der Waals surface area (Å²) in [7, 11) is 1.30. The van der Waals surface area contributed by atoms with Crippen molar-refractivity contribution in [2.45, 2.75) is 18.3 Å². The van der Waals surface area contributed by atoms with Gasteiger partial charge in [-0.05, 0) is 36.6 Å². The first kappa shape index (κ1) is 20.5. The van der Waals surface area contributed by atoms with Gasteiger partial charge in [0, 0.05) is 18.8 Å². The van der Waals surface area contributed by atoms with E-state index in [1.807, 2.05) is 35.2 Å². The van der Waals surface area contributed by atoms with Crippen molar-refractivity contribution in [3.63, 3.8) is 0 Å². The lowest BCUT2D eigenvalue weighted by molar-refractivity contribution is -0.146. The molecule has 0 atom stereocenters. The molecule has 1 saturated heterocycles. The molecule has 29 heavy (non-hydrogen) atoms. The lowest BCUT2D eigenvalue weighted by Gasteiger charge is -2.39. The van der Waals surface area contributed by atoms with E-state index in [-0.39, 0.29) is 12.5 Å². The Hall–Kier alpha value is -3.19.